The van der Waals surface area contributed by atoms with Crippen LogP contribution in [0.5, 0.6) is 0 Å². The molecule has 4 aromatic carbocycles. The van der Waals surface area contributed by atoms with Gasteiger partial charge in [-0.3, -0.25) is 0 Å². The molecule has 2 N–H and O–H groups in total. The molecule has 57 heavy (non-hydrogen) atoms. The fraction of sp³-hybridized carbons (Fsp3) is 0.500. The van der Waals surface area contributed by atoms with Gasteiger partial charge in [0.2, 0.25) is 0 Å². The summed E-state index contributed by atoms with van der Waals surface area (Å²) in [5.74, 6) is -0.623. The topological polar surface area (TPSA) is 93.1 Å². The molecular weight excluding hydrogens is 767 g/mol. The first-order valence-corrected chi connectivity index (χ1v) is 27.8. The molecule has 4 rings (SSSR count). The standard InChI is InChI=1S/C48H72O6P2S/c1-9-13-35-55(43-27-19-15-20-28-43,44-29-21-16-22-30-44,37-41(11-3)47(49)39(5)6)53-57(51,52)54-56(36-14-10-2,45-31-23-17-24-32-45,46-33-25-18-26-34-46)38-42(12-4)48(50)40(7)8/h15-34,39-42,47-50H,9-14,35-38H2,1-8H3. The van der Waals surface area contributed by atoms with Crippen molar-refractivity contribution in [2.24, 2.45) is 23.7 Å². The average Bonchev–Trinajstić information content (AvgIpc) is 3.23. The van der Waals surface area contributed by atoms with E-state index in [0.29, 0.717) is 50.3 Å². The summed E-state index contributed by atoms with van der Waals surface area (Å²) in [5, 5.41) is 27.1. The van der Waals surface area contributed by atoms with Gasteiger partial charge in [-0.25, -0.2) is 0 Å². The van der Waals surface area contributed by atoms with E-state index in [-0.39, 0.29) is 23.7 Å². The number of aliphatic hydroxyl groups excluding tert-OH is 2. The molecule has 4 unspecified atom stereocenters. The van der Waals surface area contributed by atoms with Crippen molar-refractivity contribution in [1.82, 2.24) is 0 Å². The van der Waals surface area contributed by atoms with Gasteiger partial charge in [-0.15, -0.1) is 0 Å². The van der Waals surface area contributed by atoms with Crippen molar-refractivity contribution >= 4 is 45.3 Å². The molecule has 316 valence electrons. The van der Waals surface area contributed by atoms with Crippen molar-refractivity contribution < 1.29 is 26.6 Å². The summed E-state index contributed by atoms with van der Waals surface area (Å²) in [6.07, 6.45) is 4.58. The molecule has 4 aromatic rings. The summed E-state index contributed by atoms with van der Waals surface area (Å²) in [7, 11) is -4.91. The van der Waals surface area contributed by atoms with Gasteiger partial charge in [-0.1, -0.05) is 0 Å². The summed E-state index contributed by atoms with van der Waals surface area (Å²) in [6, 6.07) is 39.8. The molecule has 9 heteroatoms. The van der Waals surface area contributed by atoms with Gasteiger partial charge in [0, 0.05) is 0 Å². The first-order chi connectivity index (χ1) is 27.2. The molecule has 0 spiro atoms. The second kappa shape index (κ2) is 20.2. The third-order valence-corrected chi connectivity index (χ3v) is 27.9. The third-order valence-electron chi connectivity index (χ3n) is 12.6. The van der Waals surface area contributed by atoms with Crippen molar-refractivity contribution in [2.75, 3.05) is 24.6 Å². The van der Waals surface area contributed by atoms with Crippen LogP contribution in [0.1, 0.15) is 93.9 Å². The monoisotopic (exact) mass is 838 g/mol. The number of benzene rings is 4. The molecule has 0 heterocycles. The zero-order valence-corrected chi connectivity index (χ0v) is 38.5. The average molecular weight is 839 g/mol. The fourth-order valence-electron chi connectivity index (χ4n) is 9.30. The van der Waals surface area contributed by atoms with E-state index in [0.717, 1.165) is 34.1 Å². The Morgan fingerprint density at radius 1 is 0.491 bits per heavy atom. The summed E-state index contributed by atoms with van der Waals surface area (Å²) < 4.78 is 47.1. The van der Waals surface area contributed by atoms with E-state index in [2.05, 4.69) is 27.7 Å². The van der Waals surface area contributed by atoms with E-state index in [1.807, 2.05) is 149 Å². The van der Waals surface area contributed by atoms with Gasteiger partial charge in [-0.2, -0.15) is 0 Å². The second-order valence-electron chi connectivity index (χ2n) is 17.0. The Bertz CT molecular complexity index is 1680. The Labute approximate surface area is 346 Å². The van der Waals surface area contributed by atoms with Crippen LogP contribution < -0.4 is 21.2 Å². The quantitative estimate of drug-likeness (QED) is 0.0683. The van der Waals surface area contributed by atoms with Gasteiger partial charge >= 0.3 is 348 Å². The Hall–Kier alpha value is -2.47. The zero-order chi connectivity index (χ0) is 41.8. The van der Waals surface area contributed by atoms with Gasteiger partial charge in [0.25, 0.3) is 0 Å². The van der Waals surface area contributed by atoms with E-state index >= 15 is 8.42 Å². The molecule has 0 radical (unpaired) electrons. The maximum atomic E-state index is 16.1. The number of unbranched alkanes of at least 4 members (excludes halogenated alkanes) is 2. The van der Waals surface area contributed by atoms with E-state index < -0.39 is 36.3 Å². The minimum absolute atomic E-state index is 0.0470. The summed E-state index contributed by atoms with van der Waals surface area (Å²) in [4.78, 5) is 0. The molecule has 0 bridgehead atoms. The molecule has 6 nitrogen and oxygen atoms in total. The van der Waals surface area contributed by atoms with Crippen molar-refractivity contribution in [3.63, 3.8) is 0 Å². The number of aliphatic hydroxyl groups is 2. The minimum atomic E-state index is -4.91. The molecule has 0 aliphatic rings. The predicted octanol–water partition coefficient (Wildman–Crippen LogP) is 10.2. The van der Waals surface area contributed by atoms with Crippen molar-refractivity contribution in [1.29, 1.82) is 0 Å². The van der Waals surface area contributed by atoms with Crippen molar-refractivity contribution in [2.45, 2.75) is 106 Å². The molecule has 0 saturated carbocycles. The van der Waals surface area contributed by atoms with Crippen LogP contribution in [-0.2, 0) is 18.3 Å². The first kappa shape index (κ1) is 47.2. The zero-order valence-electron chi connectivity index (χ0n) is 35.9. The van der Waals surface area contributed by atoms with Crippen LogP contribution in [0.25, 0.3) is 0 Å². The SMILES string of the molecule is CCCCP(CC(CC)C(O)C(C)C)(OS(=O)(=O)OP(CCCC)(CC(CC)C(O)C(C)C)(c1ccccc1)c1ccccc1)(c1ccccc1)c1ccccc1. The first-order valence-electron chi connectivity index (χ1n) is 21.5. The molecule has 0 fully saturated rings. The normalized spacial score (nSPS) is 16.3. The van der Waals surface area contributed by atoms with E-state index in [1.54, 1.807) is 0 Å². The van der Waals surface area contributed by atoms with Crippen LogP contribution in [-0.4, -0.2) is 55.5 Å². The summed E-state index contributed by atoms with van der Waals surface area (Å²) >= 11 is 0. The Morgan fingerprint density at radius 2 is 0.754 bits per heavy atom. The van der Waals surface area contributed by atoms with Gasteiger partial charge in [-0.05, 0) is 0 Å². The van der Waals surface area contributed by atoms with Gasteiger partial charge in [0.05, 0.1) is 0 Å². The van der Waals surface area contributed by atoms with Crippen molar-refractivity contribution in [3.8, 4) is 0 Å². The Kier molecular flexibility index (Phi) is 16.7. The molecular formula is C48H72O6P2S. The van der Waals surface area contributed by atoms with Crippen LogP contribution >= 0.6 is 13.7 Å². The van der Waals surface area contributed by atoms with Crippen LogP contribution in [0.2, 0.25) is 0 Å². The summed E-state index contributed by atoms with van der Waals surface area (Å²) in [5.41, 5.74) is 0. The van der Waals surface area contributed by atoms with Crippen LogP contribution in [0.3, 0.4) is 0 Å². The van der Waals surface area contributed by atoms with Crippen LogP contribution in [0.4, 0.5) is 0 Å². The third kappa shape index (κ3) is 9.95. The number of rotatable bonds is 24. The maximum absolute atomic E-state index is 16.1. The molecule has 4 atom stereocenters. The molecule has 0 saturated heterocycles. The number of hydrogen-bond donors (Lipinski definition) is 2. The van der Waals surface area contributed by atoms with Gasteiger partial charge < -0.3 is 0 Å². The Morgan fingerprint density at radius 3 is 0.965 bits per heavy atom. The fourth-order valence-corrected chi connectivity index (χ4v) is 26.8. The van der Waals surface area contributed by atoms with E-state index in [1.165, 1.54) is 0 Å². The van der Waals surface area contributed by atoms with Crippen LogP contribution in [0.15, 0.2) is 121 Å². The van der Waals surface area contributed by atoms with Crippen LogP contribution in [0, 0.1) is 23.7 Å². The van der Waals surface area contributed by atoms with E-state index in [9.17, 15) is 10.2 Å². The van der Waals surface area contributed by atoms with Crippen molar-refractivity contribution in [3.05, 3.63) is 121 Å². The Balaban J connectivity index is 2.21. The molecule has 0 aliphatic heterocycles. The van der Waals surface area contributed by atoms with E-state index in [4.69, 9.17) is 7.94 Å². The molecule has 0 amide bonds. The molecule has 0 aromatic heterocycles. The van der Waals surface area contributed by atoms with Gasteiger partial charge in [0.15, 0.2) is 0 Å². The molecule has 0 aliphatic carbocycles. The summed E-state index contributed by atoms with van der Waals surface area (Å²) in [6.45, 7) is 7.80. The van der Waals surface area contributed by atoms with Gasteiger partial charge in [0.1, 0.15) is 0 Å². The number of hydrogen-bond acceptors (Lipinski definition) is 6. The second-order valence-corrected chi connectivity index (χ2v) is 28.4. The predicted molar refractivity (Wildman–Crippen MR) is 248 cm³/mol.